The Morgan fingerprint density at radius 2 is 2.38 bits per heavy atom. The van der Waals surface area contributed by atoms with Crippen LogP contribution in [0.5, 0.6) is 0 Å². The van der Waals surface area contributed by atoms with Crippen molar-refractivity contribution >= 4 is 11.3 Å². The second-order valence-corrected chi connectivity index (χ2v) is 4.84. The molecule has 2 aromatic heterocycles. The highest BCUT2D eigenvalue weighted by Gasteiger charge is 2.10. The largest absolute Gasteiger partial charge is 0.305 e. The van der Waals surface area contributed by atoms with Gasteiger partial charge in [0.2, 0.25) is 0 Å². The van der Waals surface area contributed by atoms with Crippen LogP contribution in [0.15, 0.2) is 30.2 Å². The van der Waals surface area contributed by atoms with Crippen molar-refractivity contribution in [3.8, 4) is 0 Å². The van der Waals surface area contributed by atoms with Gasteiger partial charge >= 0.3 is 0 Å². The lowest BCUT2D eigenvalue weighted by atomic mass is 10.2. The van der Waals surface area contributed by atoms with E-state index in [9.17, 15) is 0 Å². The molecule has 4 nitrogen and oxygen atoms in total. The molecule has 2 rings (SSSR count). The predicted molar refractivity (Wildman–Crippen MR) is 65.4 cm³/mol. The van der Waals surface area contributed by atoms with E-state index in [-0.39, 0.29) is 0 Å². The third-order valence-electron chi connectivity index (χ3n) is 2.43. The number of rotatable bonds is 5. The van der Waals surface area contributed by atoms with Crippen LogP contribution in [0.4, 0.5) is 0 Å². The summed E-state index contributed by atoms with van der Waals surface area (Å²) >= 11 is 1.68. The topological polar surface area (TPSA) is 42.7 Å². The minimum Gasteiger partial charge on any atom is -0.305 e. The van der Waals surface area contributed by atoms with Crippen LogP contribution in [-0.2, 0) is 6.54 Å². The van der Waals surface area contributed by atoms with E-state index in [0.29, 0.717) is 12.1 Å². The molecule has 0 saturated heterocycles. The van der Waals surface area contributed by atoms with Crippen molar-refractivity contribution in [3.05, 3.63) is 35.0 Å². The summed E-state index contributed by atoms with van der Waals surface area (Å²) in [6.07, 6.45) is 5.71. The van der Waals surface area contributed by atoms with Crippen LogP contribution >= 0.6 is 11.3 Å². The number of nitrogens with zero attached hydrogens (tertiary/aromatic N) is 3. The Bertz CT molecular complexity index is 396. The van der Waals surface area contributed by atoms with Gasteiger partial charge in [-0.3, -0.25) is 9.67 Å². The van der Waals surface area contributed by atoms with Crippen LogP contribution in [0.1, 0.15) is 24.8 Å². The van der Waals surface area contributed by atoms with Crippen LogP contribution < -0.4 is 5.32 Å². The average molecular weight is 236 g/mol. The molecule has 2 heterocycles. The highest BCUT2D eigenvalue weighted by Crippen LogP contribution is 2.16. The molecule has 0 radical (unpaired) electrons. The molecule has 86 valence electrons. The van der Waals surface area contributed by atoms with Crippen LogP contribution in [0.25, 0.3) is 0 Å². The second kappa shape index (κ2) is 5.23. The summed E-state index contributed by atoms with van der Waals surface area (Å²) in [6, 6.07) is 2.68. The van der Waals surface area contributed by atoms with Gasteiger partial charge in [0.05, 0.1) is 12.1 Å². The monoisotopic (exact) mass is 236 g/mol. The third kappa shape index (κ3) is 2.90. The molecule has 0 aliphatic rings. The molecule has 0 fully saturated rings. The number of hydrogen-bond donors (Lipinski definition) is 1. The van der Waals surface area contributed by atoms with Crippen molar-refractivity contribution in [3.63, 3.8) is 0 Å². The van der Waals surface area contributed by atoms with E-state index in [4.69, 9.17) is 0 Å². The smallest absolute Gasteiger partial charge is 0.0794 e. The maximum absolute atomic E-state index is 4.19. The van der Waals surface area contributed by atoms with E-state index in [1.54, 1.807) is 17.5 Å². The molecule has 5 heteroatoms. The standard InChI is InChI=1S/C11H16N4S/c1-9(7-15-5-3-4-13-15)14-10(2)11-6-12-8-16-11/h3-6,8-10,14H,7H2,1-2H3. The SMILES string of the molecule is CC(Cn1cccn1)NC(C)c1cncs1. The summed E-state index contributed by atoms with van der Waals surface area (Å²) in [5.41, 5.74) is 1.87. The fraction of sp³-hybridized carbons (Fsp3) is 0.455. The molecule has 0 aliphatic carbocycles. The number of aromatic nitrogens is 3. The van der Waals surface area contributed by atoms with Crippen LogP contribution in [-0.4, -0.2) is 20.8 Å². The Hall–Kier alpha value is -1.20. The first-order valence-electron chi connectivity index (χ1n) is 5.37. The van der Waals surface area contributed by atoms with Gasteiger partial charge in [-0.2, -0.15) is 5.10 Å². The molecule has 0 bridgehead atoms. The first-order valence-corrected chi connectivity index (χ1v) is 6.25. The van der Waals surface area contributed by atoms with Gasteiger partial charge in [0, 0.05) is 35.6 Å². The van der Waals surface area contributed by atoms with E-state index in [2.05, 4.69) is 29.2 Å². The van der Waals surface area contributed by atoms with Crippen molar-refractivity contribution in [1.29, 1.82) is 0 Å². The molecular formula is C11H16N4S. The number of nitrogens with one attached hydrogen (secondary N) is 1. The maximum atomic E-state index is 4.19. The summed E-state index contributed by atoms with van der Waals surface area (Å²) in [5, 5.41) is 7.72. The maximum Gasteiger partial charge on any atom is 0.0794 e. The summed E-state index contributed by atoms with van der Waals surface area (Å²) in [5.74, 6) is 0. The van der Waals surface area contributed by atoms with E-state index in [1.165, 1.54) is 4.88 Å². The Kier molecular flexibility index (Phi) is 3.69. The zero-order chi connectivity index (χ0) is 11.4. The Morgan fingerprint density at radius 1 is 1.50 bits per heavy atom. The van der Waals surface area contributed by atoms with Crippen molar-refractivity contribution < 1.29 is 0 Å². The molecule has 0 aliphatic heterocycles. The van der Waals surface area contributed by atoms with E-state index in [0.717, 1.165) is 6.54 Å². The summed E-state index contributed by atoms with van der Waals surface area (Å²) < 4.78 is 1.94. The van der Waals surface area contributed by atoms with Crippen LogP contribution in [0, 0.1) is 0 Å². The predicted octanol–water partition coefficient (Wildman–Crippen LogP) is 2.08. The lowest BCUT2D eigenvalue weighted by Gasteiger charge is -2.18. The minimum absolute atomic E-state index is 0.345. The Labute approximate surface area is 99.3 Å². The van der Waals surface area contributed by atoms with Gasteiger partial charge in [-0.05, 0) is 19.9 Å². The molecule has 2 aromatic rings. The van der Waals surface area contributed by atoms with Crippen LogP contribution in [0.2, 0.25) is 0 Å². The van der Waals surface area contributed by atoms with E-state index < -0.39 is 0 Å². The molecule has 2 unspecified atom stereocenters. The zero-order valence-electron chi connectivity index (χ0n) is 9.50. The van der Waals surface area contributed by atoms with Crippen molar-refractivity contribution in [2.75, 3.05) is 0 Å². The highest BCUT2D eigenvalue weighted by atomic mass is 32.1. The average Bonchev–Trinajstić information content (AvgIpc) is 2.88. The molecule has 0 amide bonds. The van der Waals surface area contributed by atoms with Gasteiger partial charge in [-0.1, -0.05) is 0 Å². The van der Waals surface area contributed by atoms with Crippen molar-refractivity contribution in [1.82, 2.24) is 20.1 Å². The summed E-state index contributed by atoms with van der Waals surface area (Å²) in [4.78, 5) is 5.36. The van der Waals surface area contributed by atoms with Gasteiger partial charge in [0.25, 0.3) is 0 Å². The third-order valence-corrected chi connectivity index (χ3v) is 3.39. The Morgan fingerprint density at radius 3 is 3.00 bits per heavy atom. The molecular weight excluding hydrogens is 220 g/mol. The molecule has 0 aromatic carbocycles. The van der Waals surface area contributed by atoms with Gasteiger partial charge in [-0.15, -0.1) is 11.3 Å². The Balaban J connectivity index is 1.85. The molecule has 2 atom stereocenters. The summed E-state index contributed by atoms with van der Waals surface area (Å²) in [6.45, 7) is 5.21. The lowest BCUT2D eigenvalue weighted by Crippen LogP contribution is -2.32. The number of hydrogen-bond acceptors (Lipinski definition) is 4. The molecule has 0 spiro atoms. The van der Waals surface area contributed by atoms with Crippen molar-refractivity contribution in [2.45, 2.75) is 32.5 Å². The minimum atomic E-state index is 0.345. The van der Waals surface area contributed by atoms with E-state index in [1.807, 2.05) is 28.7 Å². The van der Waals surface area contributed by atoms with Crippen molar-refractivity contribution in [2.24, 2.45) is 0 Å². The van der Waals surface area contributed by atoms with Gasteiger partial charge in [-0.25, -0.2) is 0 Å². The highest BCUT2D eigenvalue weighted by molar-refractivity contribution is 7.09. The first kappa shape index (κ1) is 11.3. The van der Waals surface area contributed by atoms with Gasteiger partial charge in [0.15, 0.2) is 0 Å². The van der Waals surface area contributed by atoms with E-state index >= 15 is 0 Å². The molecule has 1 N–H and O–H groups in total. The number of thiazole rings is 1. The molecule has 0 saturated carbocycles. The zero-order valence-corrected chi connectivity index (χ0v) is 10.3. The molecule has 16 heavy (non-hydrogen) atoms. The fourth-order valence-electron chi connectivity index (χ4n) is 1.69. The quantitative estimate of drug-likeness (QED) is 0.864. The lowest BCUT2D eigenvalue weighted by molar-refractivity contribution is 0.415. The first-order chi connectivity index (χ1) is 7.75. The normalized spacial score (nSPS) is 14.9. The fourth-order valence-corrected chi connectivity index (χ4v) is 2.33. The van der Waals surface area contributed by atoms with Gasteiger partial charge < -0.3 is 5.32 Å². The second-order valence-electron chi connectivity index (χ2n) is 3.92. The van der Waals surface area contributed by atoms with Crippen LogP contribution in [0.3, 0.4) is 0 Å². The summed E-state index contributed by atoms with van der Waals surface area (Å²) in [7, 11) is 0. The van der Waals surface area contributed by atoms with Gasteiger partial charge in [0.1, 0.15) is 0 Å².